The van der Waals surface area contributed by atoms with Gasteiger partial charge in [-0.25, -0.2) is 4.98 Å². The Hall–Kier alpha value is -6.66. The first-order valence-electron chi connectivity index (χ1n) is 16.0. The second-order valence-electron chi connectivity index (χ2n) is 12.0. The lowest BCUT2D eigenvalue weighted by atomic mass is 10.0. The molecule has 10 rings (SSSR count). The van der Waals surface area contributed by atoms with Crippen LogP contribution in [-0.2, 0) is 0 Å². The molecule has 0 fully saturated rings. The minimum Gasteiger partial charge on any atom is -0.307 e. The summed E-state index contributed by atoms with van der Waals surface area (Å²) in [6.45, 7) is 0. The van der Waals surface area contributed by atoms with Gasteiger partial charge >= 0.3 is 0 Å². The smallest absolute Gasteiger partial charge is 0.238 e. The third-order valence-electron chi connectivity index (χ3n) is 9.24. The summed E-state index contributed by atoms with van der Waals surface area (Å²) in [5.74, 6) is 1.82. The molecule has 4 aromatic heterocycles. The topological polar surface area (TPSA) is 61.4 Å². The number of rotatable bonds is 4. The minimum absolute atomic E-state index is 0.570. The van der Waals surface area contributed by atoms with Gasteiger partial charge in [0.15, 0.2) is 11.6 Å². The van der Waals surface area contributed by atoms with Crippen molar-refractivity contribution in [2.45, 2.75) is 0 Å². The highest BCUT2D eigenvalue weighted by atomic mass is 15.2. The van der Waals surface area contributed by atoms with E-state index in [0.29, 0.717) is 17.6 Å². The molecule has 0 N–H and O–H groups in total. The maximum atomic E-state index is 5.21. The summed E-state index contributed by atoms with van der Waals surface area (Å²) in [6.07, 6.45) is 3.82. The fourth-order valence-electron chi connectivity index (χ4n) is 7.17. The molecule has 6 nitrogen and oxygen atoms in total. The van der Waals surface area contributed by atoms with Gasteiger partial charge in [-0.3, -0.25) is 9.55 Å². The minimum atomic E-state index is 0.570. The quantitative estimate of drug-likeness (QED) is 0.198. The number of nitrogens with zero attached hydrogens (tertiary/aromatic N) is 6. The zero-order valence-electron chi connectivity index (χ0n) is 25.7. The highest BCUT2D eigenvalue weighted by Gasteiger charge is 2.24. The lowest BCUT2D eigenvalue weighted by Gasteiger charge is -2.13. The van der Waals surface area contributed by atoms with Crippen molar-refractivity contribution < 1.29 is 0 Å². The van der Waals surface area contributed by atoms with E-state index in [1.54, 1.807) is 0 Å². The Morgan fingerprint density at radius 1 is 0.417 bits per heavy atom. The number of hydrogen-bond donors (Lipinski definition) is 0. The number of hydrogen-bond acceptors (Lipinski definition) is 4. The van der Waals surface area contributed by atoms with Gasteiger partial charge in [0.25, 0.3) is 0 Å². The molecule has 0 unspecified atom stereocenters. The van der Waals surface area contributed by atoms with E-state index in [0.717, 1.165) is 60.4 Å². The lowest BCUT2D eigenvalue weighted by molar-refractivity contribution is 0.953. The van der Waals surface area contributed by atoms with E-state index in [1.807, 2.05) is 73.1 Å². The van der Waals surface area contributed by atoms with Crippen molar-refractivity contribution in [3.63, 3.8) is 0 Å². The van der Waals surface area contributed by atoms with Gasteiger partial charge in [-0.15, -0.1) is 0 Å². The van der Waals surface area contributed by atoms with Crippen LogP contribution in [0.4, 0.5) is 0 Å². The molecule has 0 saturated heterocycles. The number of aromatic nitrogens is 6. The van der Waals surface area contributed by atoms with Gasteiger partial charge in [0.05, 0.1) is 22.1 Å². The van der Waals surface area contributed by atoms with Gasteiger partial charge in [0.2, 0.25) is 5.95 Å². The molecular formula is C42H26N6. The average molecular weight is 615 g/mol. The SMILES string of the molecule is c1ccc(-c2nc(-c3ccccc3)nc(-n3c4ccccc4c4ccc5c6c7ccncc7ccc6n(-c6ccccc6)c5c43)n2)cc1. The molecule has 0 aliphatic heterocycles. The van der Waals surface area contributed by atoms with Gasteiger partial charge in [-0.1, -0.05) is 115 Å². The predicted molar refractivity (Wildman–Crippen MR) is 195 cm³/mol. The number of fused-ring (bicyclic) bond motifs is 9. The molecule has 0 spiro atoms. The Kier molecular flexibility index (Phi) is 5.77. The van der Waals surface area contributed by atoms with Gasteiger partial charge in [0.1, 0.15) is 0 Å². The standard InChI is InChI=1S/C42H26N6/c1-4-12-27(13-5-1)40-44-41(28-14-6-2-7-15-28)46-42(45-40)48-35-19-11-10-18-32(35)33-21-22-34-37-31-24-25-43-26-29(31)20-23-36(37)47(39(34)38(33)48)30-16-8-3-9-17-30/h1-26H. The first-order chi connectivity index (χ1) is 23.8. The van der Waals surface area contributed by atoms with Gasteiger partial charge < -0.3 is 4.57 Å². The first-order valence-corrected chi connectivity index (χ1v) is 16.0. The summed E-state index contributed by atoms with van der Waals surface area (Å²) in [5.41, 5.74) is 7.25. The second kappa shape index (κ2) is 10.4. The van der Waals surface area contributed by atoms with E-state index in [1.165, 1.54) is 10.8 Å². The molecule has 0 saturated carbocycles. The van der Waals surface area contributed by atoms with Gasteiger partial charge in [-0.05, 0) is 35.7 Å². The molecule has 0 aliphatic carbocycles. The van der Waals surface area contributed by atoms with Crippen molar-refractivity contribution in [1.29, 1.82) is 0 Å². The summed E-state index contributed by atoms with van der Waals surface area (Å²) < 4.78 is 4.62. The van der Waals surface area contributed by atoms with Crippen molar-refractivity contribution in [2.24, 2.45) is 0 Å². The van der Waals surface area contributed by atoms with E-state index in [4.69, 9.17) is 15.0 Å². The molecule has 0 aliphatic rings. The molecule has 10 aromatic rings. The van der Waals surface area contributed by atoms with Crippen LogP contribution in [-0.4, -0.2) is 29.1 Å². The zero-order valence-corrected chi connectivity index (χ0v) is 25.7. The fourth-order valence-corrected chi connectivity index (χ4v) is 7.17. The molecule has 6 heteroatoms. The van der Waals surface area contributed by atoms with Crippen LogP contribution in [0.25, 0.3) is 88.8 Å². The van der Waals surface area contributed by atoms with E-state index >= 15 is 0 Å². The van der Waals surface area contributed by atoms with E-state index in [9.17, 15) is 0 Å². The van der Waals surface area contributed by atoms with Crippen LogP contribution in [0.5, 0.6) is 0 Å². The summed E-state index contributed by atoms with van der Waals surface area (Å²) in [6, 6.07) is 50.4. The Labute approximate surface area is 275 Å². The highest BCUT2D eigenvalue weighted by Crippen LogP contribution is 2.43. The van der Waals surface area contributed by atoms with Crippen molar-refractivity contribution in [1.82, 2.24) is 29.1 Å². The van der Waals surface area contributed by atoms with Crippen LogP contribution in [0.1, 0.15) is 0 Å². The maximum absolute atomic E-state index is 5.21. The van der Waals surface area contributed by atoms with E-state index < -0.39 is 0 Å². The van der Waals surface area contributed by atoms with Crippen LogP contribution in [0.2, 0.25) is 0 Å². The molecule has 0 atom stereocenters. The Balaban J connectivity index is 1.42. The van der Waals surface area contributed by atoms with Crippen LogP contribution < -0.4 is 0 Å². The lowest BCUT2D eigenvalue weighted by Crippen LogP contribution is -2.07. The summed E-state index contributed by atoms with van der Waals surface area (Å²) in [5, 5.41) is 6.89. The Bertz CT molecular complexity index is 2760. The molecular weight excluding hydrogens is 589 g/mol. The number of benzene rings is 6. The fraction of sp³-hybridized carbons (Fsp3) is 0. The van der Waals surface area contributed by atoms with Crippen LogP contribution in [0.15, 0.2) is 158 Å². The maximum Gasteiger partial charge on any atom is 0.238 e. The normalized spacial score (nSPS) is 11.8. The number of pyridine rings is 1. The molecule has 0 radical (unpaired) electrons. The molecule has 48 heavy (non-hydrogen) atoms. The van der Waals surface area contributed by atoms with E-state index in [-0.39, 0.29) is 0 Å². The van der Waals surface area contributed by atoms with Gasteiger partial charge in [-0.2, -0.15) is 9.97 Å². The molecule has 0 bridgehead atoms. The third kappa shape index (κ3) is 3.93. The van der Waals surface area contributed by atoms with Crippen molar-refractivity contribution in [3.05, 3.63) is 158 Å². The summed E-state index contributed by atoms with van der Waals surface area (Å²) in [7, 11) is 0. The summed E-state index contributed by atoms with van der Waals surface area (Å²) >= 11 is 0. The first kappa shape index (κ1) is 26.5. The zero-order chi connectivity index (χ0) is 31.6. The van der Waals surface area contributed by atoms with Crippen LogP contribution in [0.3, 0.4) is 0 Å². The molecule has 0 amide bonds. The van der Waals surface area contributed by atoms with Crippen molar-refractivity contribution >= 4 is 54.4 Å². The monoisotopic (exact) mass is 614 g/mol. The molecule has 4 heterocycles. The van der Waals surface area contributed by atoms with Crippen molar-refractivity contribution in [3.8, 4) is 34.4 Å². The third-order valence-corrected chi connectivity index (χ3v) is 9.24. The Morgan fingerprint density at radius 2 is 1.04 bits per heavy atom. The second-order valence-corrected chi connectivity index (χ2v) is 12.0. The molecule has 6 aromatic carbocycles. The largest absolute Gasteiger partial charge is 0.307 e. The van der Waals surface area contributed by atoms with Crippen LogP contribution in [0, 0.1) is 0 Å². The average Bonchev–Trinajstić information content (AvgIpc) is 3.69. The number of para-hydroxylation sites is 2. The van der Waals surface area contributed by atoms with Crippen LogP contribution >= 0.6 is 0 Å². The highest BCUT2D eigenvalue weighted by molar-refractivity contribution is 6.28. The van der Waals surface area contributed by atoms with Gasteiger partial charge in [0, 0.05) is 56.1 Å². The molecule has 224 valence electrons. The summed E-state index contributed by atoms with van der Waals surface area (Å²) in [4.78, 5) is 19.8. The predicted octanol–water partition coefficient (Wildman–Crippen LogP) is 9.95. The van der Waals surface area contributed by atoms with E-state index in [2.05, 4.69) is 99.0 Å². The van der Waals surface area contributed by atoms with Crippen molar-refractivity contribution in [2.75, 3.05) is 0 Å². The Morgan fingerprint density at radius 3 is 1.77 bits per heavy atom.